The number of carbonyl (C=O) groups excluding carboxylic acids is 2. The lowest BCUT2D eigenvalue weighted by Gasteiger charge is -2.02. The van der Waals surface area contributed by atoms with E-state index in [0.29, 0.717) is 16.3 Å². The summed E-state index contributed by atoms with van der Waals surface area (Å²) in [6.07, 6.45) is 4.27. The summed E-state index contributed by atoms with van der Waals surface area (Å²) in [4.78, 5) is 32.3. The highest BCUT2D eigenvalue weighted by Gasteiger charge is 2.08. The Balaban J connectivity index is 1.58. The number of nitrogens with zero attached hydrogens (tertiary/aromatic N) is 2. The van der Waals surface area contributed by atoms with Crippen LogP contribution in [0, 0.1) is 0 Å². The number of hydrogen-bond donors (Lipinski definition) is 0. The standard InChI is InChI=1S/C19H13ClN2O3/c20-14-7-5-13(6-8-14)18(23)12-25-19(24)10-9-15-11-21-16-3-1-2-4-17(16)22-15/h1-11H,12H2/b10-9+. The highest BCUT2D eigenvalue weighted by atomic mass is 35.5. The van der Waals surface area contributed by atoms with E-state index in [0.717, 1.165) is 11.0 Å². The number of ketones is 1. The van der Waals surface area contributed by atoms with Crippen LogP contribution in [0.15, 0.2) is 60.8 Å². The number of para-hydroxylation sites is 2. The maximum atomic E-state index is 11.9. The van der Waals surface area contributed by atoms with E-state index < -0.39 is 5.97 Å². The number of benzene rings is 2. The molecule has 1 aromatic heterocycles. The third kappa shape index (κ3) is 4.49. The van der Waals surface area contributed by atoms with Crippen LogP contribution in [0.2, 0.25) is 5.02 Å². The Bertz CT molecular complexity index is 952. The predicted octanol–water partition coefficient (Wildman–Crippen LogP) is 3.72. The third-order valence-electron chi connectivity index (χ3n) is 3.37. The molecule has 0 atom stereocenters. The number of rotatable bonds is 5. The van der Waals surface area contributed by atoms with E-state index >= 15 is 0 Å². The van der Waals surface area contributed by atoms with Crippen LogP contribution in [0.3, 0.4) is 0 Å². The minimum absolute atomic E-state index is 0.302. The van der Waals surface area contributed by atoms with Gasteiger partial charge in [0, 0.05) is 16.7 Å². The normalized spacial score (nSPS) is 10.9. The summed E-state index contributed by atoms with van der Waals surface area (Å²) in [5.74, 6) is -0.929. The summed E-state index contributed by atoms with van der Waals surface area (Å²) in [5.41, 5.74) is 2.47. The average molecular weight is 353 g/mol. The minimum atomic E-state index is -0.628. The van der Waals surface area contributed by atoms with Gasteiger partial charge in [-0.1, -0.05) is 23.7 Å². The fourth-order valence-corrected chi connectivity index (χ4v) is 2.24. The molecule has 3 rings (SSSR count). The van der Waals surface area contributed by atoms with E-state index in [4.69, 9.17) is 16.3 Å². The summed E-state index contributed by atoms with van der Waals surface area (Å²) in [6, 6.07) is 13.8. The molecule has 0 aliphatic heterocycles. The first-order chi connectivity index (χ1) is 12.1. The van der Waals surface area contributed by atoms with Gasteiger partial charge >= 0.3 is 5.97 Å². The van der Waals surface area contributed by atoms with Crippen molar-refractivity contribution in [1.29, 1.82) is 0 Å². The van der Waals surface area contributed by atoms with Crippen molar-refractivity contribution in [2.45, 2.75) is 0 Å². The van der Waals surface area contributed by atoms with Crippen LogP contribution in [0.5, 0.6) is 0 Å². The molecule has 0 spiro atoms. The van der Waals surface area contributed by atoms with Crippen molar-refractivity contribution in [2.24, 2.45) is 0 Å². The number of ether oxygens (including phenoxy) is 1. The Morgan fingerprint density at radius 2 is 1.76 bits per heavy atom. The largest absolute Gasteiger partial charge is 0.454 e. The van der Waals surface area contributed by atoms with E-state index in [2.05, 4.69) is 9.97 Å². The number of aromatic nitrogens is 2. The number of esters is 1. The fraction of sp³-hybridized carbons (Fsp3) is 0.0526. The second-order valence-corrected chi connectivity index (χ2v) is 5.59. The molecule has 0 N–H and O–H groups in total. The molecule has 0 radical (unpaired) electrons. The van der Waals surface area contributed by atoms with Crippen LogP contribution < -0.4 is 0 Å². The van der Waals surface area contributed by atoms with E-state index in [1.54, 1.807) is 30.5 Å². The zero-order valence-corrected chi connectivity index (χ0v) is 13.8. The quantitative estimate of drug-likeness (QED) is 0.397. The average Bonchev–Trinajstić information content (AvgIpc) is 2.65. The van der Waals surface area contributed by atoms with Gasteiger partial charge in [0.15, 0.2) is 12.4 Å². The van der Waals surface area contributed by atoms with Crippen molar-refractivity contribution in [2.75, 3.05) is 6.61 Å². The smallest absolute Gasteiger partial charge is 0.331 e. The third-order valence-corrected chi connectivity index (χ3v) is 3.62. The molecule has 0 fully saturated rings. The molecular weight excluding hydrogens is 340 g/mol. The van der Waals surface area contributed by atoms with Crippen LogP contribution in [-0.2, 0) is 9.53 Å². The van der Waals surface area contributed by atoms with Crippen LogP contribution in [0.1, 0.15) is 16.1 Å². The van der Waals surface area contributed by atoms with Crippen LogP contribution in [0.4, 0.5) is 0 Å². The van der Waals surface area contributed by atoms with Crippen LogP contribution >= 0.6 is 11.6 Å². The molecule has 0 unspecified atom stereocenters. The second-order valence-electron chi connectivity index (χ2n) is 5.15. The molecular formula is C19H13ClN2O3. The molecule has 0 saturated carbocycles. The van der Waals surface area contributed by atoms with Gasteiger partial charge in [0.05, 0.1) is 22.9 Å². The molecule has 0 bridgehead atoms. The maximum Gasteiger partial charge on any atom is 0.331 e. The summed E-state index contributed by atoms with van der Waals surface area (Å²) in [6.45, 7) is -0.339. The van der Waals surface area contributed by atoms with Crippen LogP contribution in [-0.4, -0.2) is 28.3 Å². The van der Waals surface area contributed by atoms with Crippen molar-refractivity contribution in [3.63, 3.8) is 0 Å². The molecule has 5 nitrogen and oxygen atoms in total. The molecule has 0 aliphatic carbocycles. The topological polar surface area (TPSA) is 69.2 Å². The van der Waals surface area contributed by atoms with Crippen molar-refractivity contribution < 1.29 is 14.3 Å². The van der Waals surface area contributed by atoms with Gasteiger partial charge in [0.25, 0.3) is 0 Å². The summed E-state index contributed by atoms with van der Waals surface area (Å²) in [7, 11) is 0. The zero-order chi connectivity index (χ0) is 17.6. The Morgan fingerprint density at radius 3 is 2.52 bits per heavy atom. The lowest BCUT2D eigenvalue weighted by Crippen LogP contribution is -2.12. The monoisotopic (exact) mass is 352 g/mol. The van der Waals surface area contributed by atoms with E-state index in [1.165, 1.54) is 12.2 Å². The molecule has 0 amide bonds. The Kier molecular flexibility index (Phi) is 5.16. The number of halogens is 1. The number of Topliss-reactive ketones (excluding diaryl/α,β-unsaturated/α-hetero) is 1. The second kappa shape index (κ2) is 7.68. The van der Waals surface area contributed by atoms with Gasteiger partial charge in [-0.25, -0.2) is 9.78 Å². The van der Waals surface area contributed by atoms with Gasteiger partial charge in [-0.05, 0) is 42.5 Å². The highest BCUT2D eigenvalue weighted by molar-refractivity contribution is 6.30. The molecule has 6 heteroatoms. The summed E-state index contributed by atoms with van der Waals surface area (Å²) in [5, 5.41) is 0.535. The zero-order valence-electron chi connectivity index (χ0n) is 13.1. The minimum Gasteiger partial charge on any atom is -0.454 e. The van der Waals surface area contributed by atoms with Gasteiger partial charge in [-0.2, -0.15) is 0 Å². The molecule has 1 heterocycles. The number of carbonyl (C=O) groups is 2. The molecule has 2 aromatic carbocycles. The Morgan fingerprint density at radius 1 is 1.04 bits per heavy atom. The van der Waals surface area contributed by atoms with Crippen molar-refractivity contribution >= 4 is 40.5 Å². The predicted molar refractivity (Wildman–Crippen MR) is 95.3 cm³/mol. The molecule has 25 heavy (non-hydrogen) atoms. The van der Waals surface area contributed by atoms with Crippen molar-refractivity contribution in [1.82, 2.24) is 9.97 Å². The first kappa shape index (κ1) is 16.8. The number of hydrogen-bond acceptors (Lipinski definition) is 5. The van der Waals surface area contributed by atoms with Gasteiger partial charge in [-0.15, -0.1) is 0 Å². The highest BCUT2D eigenvalue weighted by Crippen LogP contribution is 2.11. The lowest BCUT2D eigenvalue weighted by molar-refractivity contribution is -0.136. The van der Waals surface area contributed by atoms with Crippen molar-refractivity contribution in [3.05, 3.63) is 77.1 Å². The molecule has 0 aliphatic rings. The van der Waals surface area contributed by atoms with Gasteiger partial charge in [0.2, 0.25) is 0 Å². The van der Waals surface area contributed by atoms with Gasteiger partial charge in [0.1, 0.15) is 0 Å². The summed E-state index contributed by atoms with van der Waals surface area (Å²) < 4.78 is 4.94. The first-order valence-corrected chi connectivity index (χ1v) is 7.85. The Labute approximate surface area is 148 Å². The van der Waals surface area contributed by atoms with Crippen LogP contribution in [0.25, 0.3) is 17.1 Å². The first-order valence-electron chi connectivity index (χ1n) is 7.47. The maximum absolute atomic E-state index is 11.9. The van der Waals surface area contributed by atoms with E-state index in [-0.39, 0.29) is 12.4 Å². The van der Waals surface area contributed by atoms with E-state index in [1.807, 2.05) is 24.3 Å². The van der Waals surface area contributed by atoms with Gasteiger partial charge in [-0.3, -0.25) is 9.78 Å². The lowest BCUT2D eigenvalue weighted by atomic mass is 10.1. The van der Waals surface area contributed by atoms with Crippen molar-refractivity contribution in [3.8, 4) is 0 Å². The summed E-state index contributed by atoms with van der Waals surface area (Å²) >= 11 is 5.76. The number of fused-ring (bicyclic) bond motifs is 1. The van der Waals surface area contributed by atoms with Gasteiger partial charge < -0.3 is 4.74 Å². The van der Waals surface area contributed by atoms with E-state index in [9.17, 15) is 9.59 Å². The molecule has 0 saturated heterocycles. The molecule has 3 aromatic rings. The SMILES string of the molecule is O=C(/C=C/c1cnc2ccccc2n1)OCC(=O)c1ccc(Cl)cc1. The Hall–Kier alpha value is -3.05. The fourth-order valence-electron chi connectivity index (χ4n) is 2.11. The molecule has 124 valence electrons.